The third-order valence-corrected chi connectivity index (χ3v) is 5.48. The lowest BCUT2D eigenvalue weighted by Gasteiger charge is -2.23. The average Bonchev–Trinajstić information content (AvgIpc) is 3.36. The lowest BCUT2D eigenvalue weighted by atomic mass is 10.1. The van der Waals surface area contributed by atoms with Gasteiger partial charge >= 0.3 is 0 Å². The summed E-state index contributed by atoms with van der Waals surface area (Å²) in [4.78, 5) is 11.7. The molecule has 0 amide bonds. The Morgan fingerprint density at radius 3 is 3.04 bits per heavy atom. The molecular weight excluding hydrogens is 348 g/mol. The SMILES string of the molecule is CCc1nnc(Nc2cc([C@@H]3CCCN3Cc3ccn[nH]3)nc(C)n2)s1. The van der Waals surface area contributed by atoms with Gasteiger partial charge < -0.3 is 5.32 Å². The van der Waals surface area contributed by atoms with Crippen LogP contribution in [-0.2, 0) is 13.0 Å². The number of hydrogen-bond donors (Lipinski definition) is 2. The summed E-state index contributed by atoms with van der Waals surface area (Å²) in [6.07, 6.45) is 4.95. The first-order chi connectivity index (χ1) is 12.7. The number of aromatic amines is 1. The summed E-state index contributed by atoms with van der Waals surface area (Å²) in [5.74, 6) is 1.54. The van der Waals surface area contributed by atoms with Gasteiger partial charge in [-0.25, -0.2) is 9.97 Å². The van der Waals surface area contributed by atoms with Crippen molar-refractivity contribution in [3.8, 4) is 0 Å². The molecule has 136 valence electrons. The third-order valence-electron chi connectivity index (χ3n) is 4.50. The number of nitrogens with zero attached hydrogens (tertiary/aromatic N) is 6. The van der Waals surface area contributed by atoms with E-state index in [2.05, 4.69) is 42.5 Å². The topological polar surface area (TPSA) is 95.5 Å². The van der Waals surface area contributed by atoms with E-state index in [4.69, 9.17) is 4.98 Å². The zero-order chi connectivity index (χ0) is 17.9. The minimum atomic E-state index is 0.293. The largest absolute Gasteiger partial charge is 0.315 e. The Balaban J connectivity index is 1.54. The van der Waals surface area contributed by atoms with Crippen LogP contribution in [0.15, 0.2) is 18.3 Å². The van der Waals surface area contributed by atoms with Gasteiger partial charge in [-0.15, -0.1) is 10.2 Å². The predicted octanol–water partition coefficient (Wildman–Crippen LogP) is 3.00. The standard InChI is InChI=1S/C17H22N8S/c1-3-16-23-24-17(26-16)21-15-9-13(19-11(2)20-15)14-5-4-8-25(14)10-12-6-7-18-22-12/h6-7,9,14H,3-5,8,10H2,1-2H3,(H,18,22)(H,19,20,21,24)/t14-/m0/s1. The Bertz CT molecular complexity index is 860. The van der Waals surface area contributed by atoms with Crippen molar-refractivity contribution in [3.05, 3.63) is 40.5 Å². The zero-order valence-corrected chi connectivity index (χ0v) is 15.8. The molecule has 4 heterocycles. The highest BCUT2D eigenvalue weighted by atomic mass is 32.1. The molecule has 0 bridgehead atoms. The lowest BCUT2D eigenvalue weighted by molar-refractivity contribution is 0.241. The van der Waals surface area contributed by atoms with Gasteiger partial charge in [-0.05, 0) is 38.8 Å². The predicted molar refractivity (Wildman–Crippen MR) is 100 cm³/mol. The second kappa shape index (κ2) is 7.46. The van der Waals surface area contributed by atoms with Crippen LogP contribution in [0.1, 0.15) is 48.0 Å². The number of H-pyrrole nitrogens is 1. The second-order valence-corrected chi connectivity index (χ2v) is 7.48. The first-order valence-electron chi connectivity index (χ1n) is 8.88. The van der Waals surface area contributed by atoms with E-state index >= 15 is 0 Å². The number of hydrogen-bond acceptors (Lipinski definition) is 8. The Hall–Kier alpha value is -2.39. The summed E-state index contributed by atoms with van der Waals surface area (Å²) in [7, 11) is 0. The minimum Gasteiger partial charge on any atom is -0.315 e. The highest BCUT2D eigenvalue weighted by Gasteiger charge is 2.28. The summed E-state index contributed by atoms with van der Waals surface area (Å²) in [6, 6.07) is 4.35. The van der Waals surface area contributed by atoms with Crippen molar-refractivity contribution in [2.75, 3.05) is 11.9 Å². The molecule has 1 fully saturated rings. The normalized spacial score (nSPS) is 17.7. The minimum absolute atomic E-state index is 0.293. The molecule has 2 N–H and O–H groups in total. The van der Waals surface area contributed by atoms with Gasteiger partial charge in [0.2, 0.25) is 5.13 Å². The smallest absolute Gasteiger partial charge is 0.211 e. The van der Waals surface area contributed by atoms with Gasteiger partial charge in [0.05, 0.1) is 11.7 Å². The van der Waals surface area contributed by atoms with Crippen molar-refractivity contribution in [3.63, 3.8) is 0 Å². The van der Waals surface area contributed by atoms with Crippen molar-refractivity contribution < 1.29 is 0 Å². The molecule has 3 aromatic rings. The van der Waals surface area contributed by atoms with E-state index in [1.165, 1.54) is 6.42 Å². The molecular formula is C17H22N8S. The van der Waals surface area contributed by atoms with Gasteiger partial charge in [0.15, 0.2) is 0 Å². The van der Waals surface area contributed by atoms with Crippen LogP contribution in [0.5, 0.6) is 0 Å². The van der Waals surface area contributed by atoms with Crippen LogP contribution in [0.4, 0.5) is 10.9 Å². The summed E-state index contributed by atoms with van der Waals surface area (Å²) in [5.41, 5.74) is 2.18. The fourth-order valence-corrected chi connectivity index (χ4v) is 4.01. The zero-order valence-electron chi connectivity index (χ0n) is 14.9. The van der Waals surface area contributed by atoms with Gasteiger partial charge in [0, 0.05) is 24.5 Å². The molecule has 1 atom stereocenters. The summed E-state index contributed by atoms with van der Waals surface area (Å²) < 4.78 is 0. The van der Waals surface area contributed by atoms with Crippen molar-refractivity contribution in [1.82, 2.24) is 35.3 Å². The number of nitrogens with one attached hydrogen (secondary N) is 2. The molecule has 0 spiro atoms. The molecule has 9 heteroatoms. The maximum atomic E-state index is 4.71. The van der Waals surface area contributed by atoms with E-state index in [0.717, 1.165) is 59.1 Å². The van der Waals surface area contributed by atoms with Crippen molar-refractivity contribution in [2.24, 2.45) is 0 Å². The lowest BCUT2D eigenvalue weighted by Crippen LogP contribution is -2.24. The maximum Gasteiger partial charge on any atom is 0.211 e. The van der Waals surface area contributed by atoms with E-state index in [1.54, 1.807) is 17.5 Å². The van der Waals surface area contributed by atoms with Gasteiger partial charge in [-0.1, -0.05) is 18.3 Å². The molecule has 0 aliphatic carbocycles. The molecule has 1 saturated heterocycles. The number of rotatable bonds is 6. The molecule has 26 heavy (non-hydrogen) atoms. The molecule has 0 unspecified atom stereocenters. The van der Waals surface area contributed by atoms with Crippen LogP contribution in [0.3, 0.4) is 0 Å². The first-order valence-corrected chi connectivity index (χ1v) is 9.70. The van der Waals surface area contributed by atoms with Crippen LogP contribution in [-0.4, -0.2) is 41.8 Å². The quantitative estimate of drug-likeness (QED) is 0.688. The van der Waals surface area contributed by atoms with Crippen LogP contribution in [0.25, 0.3) is 0 Å². The van der Waals surface area contributed by atoms with Crippen molar-refractivity contribution in [1.29, 1.82) is 0 Å². The fraction of sp³-hybridized carbons (Fsp3) is 0.471. The number of likely N-dealkylation sites (tertiary alicyclic amines) is 1. The van der Waals surface area contributed by atoms with Gasteiger partial charge in [0.25, 0.3) is 0 Å². The van der Waals surface area contributed by atoms with E-state index < -0.39 is 0 Å². The van der Waals surface area contributed by atoms with E-state index in [-0.39, 0.29) is 0 Å². The molecule has 0 aromatic carbocycles. The summed E-state index contributed by atoms with van der Waals surface area (Å²) >= 11 is 1.56. The van der Waals surface area contributed by atoms with Gasteiger partial charge in [-0.2, -0.15) is 5.10 Å². The number of aryl methyl sites for hydroxylation is 2. The third kappa shape index (κ3) is 3.73. The van der Waals surface area contributed by atoms with Gasteiger partial charge in [0.1, 0.15) is 16.6 Å². The highest BCUT2D eigenvalue weighted by Crippen LogP contribution is 2.33. The Morgan fingerprint density at radius 2 is 2.27 bits per heavy atom. The van der Waals surface area contributed by atoms with E-state index in [9.17, 15) is 0 Å². The van der Waals surface area contributed by atoms with E-state index in [0.29, 0.717) is 6.04 Å². The molecule has 0 saturated carbocycles. The van der Waals surface area contributed by atoms with Crippen LogP contribution >= 0.6 is 11.3 Å². The van der Waals surface area contributed by atoms with Gasteiger partial charge in [-0.3, -0.25) is 10.00 Å². The van der Waals surface area contributed by atoms with Crippen LogP contribution in [0, 0.1) is 6.92 Å². The van der Waals surface area contributed by atoms with Crippen LogP contribution < -0.4 is 5.32 Å². The monoisotopic (exact) mass is 370 g/mol. The Morgan fingerprint density at radius 1 is 1.35 bits per heavy atom. The molecule has 4 rings (SSSR count). The van der Waals surface area contributed by atoms with Crippen molar-refractivity contribution in [2.45, 2.75) is 45.7 Å². The number of anilines is 2. The van der Waals surface area contributed by atoms with Crippen molar-refractivity contribution >= 4 is 22.3 Å². The summed E-state index contributed by atoms with van der Waals surface area (Å²) in [5, 5.41) is 20.5. The molecule has 0 radical (unpaired) electrons. The maximum absolute atomic E-state index is 4.71. The first kappa shape index (κ1) is 17.0. The molecule has 1 aliphatic heterocycles. The Kier molecular flexibility index (Phi) is 4.89. The fourth-order valence-electron chi connectivity index (χ4n) is 3.32. The summed E-state index contributed by atoms with van der Waals surface area (Å²) in [6.45, 7) is 5.92. The molecule has 3 aromatic heterocycles. The Labute approximate surface area is 156 Å². The van der Waals surface area contributed by atoms with Crippen LogP contribution in [0.2, 0.25) is 0 Å². The number of aromatic nitrogens is 6. The highest BCUT2D eigenvalue weighted by molar-refractivity contribution is 7.15. The average molecular weight is 370 g/mol. The molecule has 1 aliphatic rings. The second-order valence-electron chi connectivity index (χ2n) is 6.42. The molecule has 8 nitrogen and oxygen atoms in total. The van der Waals surface area contributed by atoms with E-state index in [1.807, 2.05) is 19.1 Å².